The quantitative estimate of drug-likeness (QED) is 0.746. The largest absolute Gasteiger partial charge is 0.377 e. The van der Waals surface area contributed by atoms with Crippen molar-refractivity contribution in [2.45, 2.75) is 19.8 Å². The van der Waals surface area contributed by atoms with E-state index in [0.29, 0.717) is 0 Å². The van der Waals surface area contributed by atoms with Crippen LogP contribution < -0.4 is 4.90 Å². The van der Waals surface area contributed by atoms with E-state index in [0.717, 1.165) is 12.8 Å². The Hall–Kier alpha value is -1.76. The van der Waals surface area contributed by atoms with Crippen LogP contribution in [0.15, 0.2) is 43.0 Å². The molecule has 0 aromatic heterocycles. The van der Waals surface area contributed by atoms with Crippen molar-refractivity contribution in [1.29, 1.82) is 0 Å². The molecule has 0 saturated carbocycles. The van der Waals surface area contributed by atoms with Crippen molar-refractivity contribution in [3.63, 3.8) is 0 Å². The number of fused-ring (bicyclic) bond motifs is 1. The number of hydrogen-bond acceptors (Lipinski definition) is 1. The molecule has 0 aliphatic carbocycles. The zero-order valence-corrected chi connectivity index (χ0v) is 11.5. The van der Waals surface area contributed by atoms with Crippen LogP contribution in [0.4, 0.5) is 5.69 Å². The standard InChI is InChI=1S/C17H21N/c1-5-8-13(2)14-9-6-11-16-15(14)10-7-12-17(16)18(3)4/h6-7,9-12H,2,5,8H2,1,3-4H3. The number of allylic oxidation sites excluding steroid dienone is 1. The summed E-state index contributed by atoms with van der Waals surface area (Å²) in [7, 11) is 4.17. The average molecular weight is 239 g/mol. The molecule has 0 N–H and O–H groups in total. The molecule has 0 aliphatic rings. The van der Waals surface area contributed by atoms with Gasteiger partial charge in [0.1, 0.15) is 0 Å². The van der Waals surface area contributed by atoms with Crippen molar-refractivity contribution in [2.24, 2.45) is 0 Å². The van der Waals surface area contributed by atoms with Crippen LogP contribution in [0.2, 0.25) is 0 Å². The van der Waals surface area contributed by atoms with Gasteiger partial charge in [-0.15, -0.1) is 0 Å². The molecule has 0 spiro atoms. The number of anilines is 1. The van der Waals surface area contributed by atoms with E-state index in [2.05, 4.69) is 68.9 Å². The second-order valence-corrected chi connectivity index (χ2v) is 4.93. The van der Waals surface area contributed by atoms with Gasteiger partial charge in [-0.2, -0.15) is 0 Å². The summed E-state index contributed by atoms with van der Waals surface area (Å²) in [6.07, 6.45) is 2.20. The third-order valence-corrected chi connectivity index (χ3v) is 3.31. The number of benzene rings is 2. The Morgan fingerprint density at radius 1 is 1.06 bits per heavy atom. The molecule has 94 valence electrons. The summed E-state index contributed by atoms with van der Waals surface area (Å²) in [4.78, 5) is 2.16. The molecule has 0 atom stereocenters. The molecule has 0 unspecified atom stereocenters. The van der Waals surface area contributed by atoms with Crippen molar-refractivity contribution in [1.82, 2.24) is 0 Å². The molecule has 0 fully saturated rings. The second kappa shape index (κ2) is 5.26. The van der Waals surface area contributed by atoms with Crippen LogP contribution in [0.3, 0.4) is 0 Å². The molecular formula is C17H21N. The first kappa shape index (κ1) is 12.7. The van der Waals surface area contributed by atoms with Gasteiger partial charge in [0.25, 0.3) is 0 Å². The minimum Gasteiger partial charge on any atom is -0.377 e. The molecule has 0 aliphatic heterocycles. The van der Waals surface area contributed by atoms with Gasteiger partial charge in [0.2, 0.25) is 0 Å². The Bertz CT molecular complexity index is 567. The lowest BCUT2D eigenvalue weighted by molar-refractivity contribution is 0.976. The fraction of sp³-hybridized carbons (Fsp3) is 0.294. The second-order valence-electron chi connectivity index (χ2n) is 4.93. The van der Waals surface area contributed by atoms with E-state index >= 15 is 0 Å². The van der Waals surface area contributed by atoms with Crippen molar-refractivity contribution >= 4 is 22.0 Å². The predicted molar refractivity (Wildman–Crippen MR) is 82.2 cm³/mol. The van der Waals surface area contributed by atoms with E-state index in [1.165, 1.54) is 27.6 Å². The average Bonchev–Trinajstić information content (AvgIpc) is 2.37. The Kier molecular flexibility index (Phi) is 3.71. The fourth-order valence-electron chi connectivity index (χ4n) is 2.43. The van der Waals surface area contributed by atoms with Gasteiger partial charge in [0.05, 0.1) is 0 Å². The van der Waals surface area contributed by atoms with Crippen LogP contribution in [0.5, 0.6) is 0 Å². The van der Waals surface area contributed by atoms with Crippen LogP contribution >= 0.6 is 0 Å². The monoisotopic (exact) mass is 239 g/mol. The Morgan fingerprint density at radius 2 is 1.72 bits per heavy atom. The smallest absolute Gasteiger partial charge is 0.0440 e. The Balaban J connectivity index is 2.64. The molecule has 0 amide bonds. The number of nitrogens with zero attached hydrogens (tertiary/aromatic N) is 1. The Labute approximate surface area is 110 Å². The van der Waals surface area contributed by atoms with E-state index in [9.17, 15) is 0 Å². The van der Waals surface area contributed by atoms with E-state index in [1.807, 2.05) is 0 Å². The summed E-state index contributed by atoms with van der Waals surface area (Å²) in [6.45, 7) is 6.42. The Morgan fingerprint density at radius 3 is 2.39 bits per heavy atom. The lowest BCUT2D eigenvalue weighted by Crippen LogP contribution is -2.09. The van der Waals surface area contributed by atoms with Gasteiger partial charge in [-0.05, 0) is 29.0 Å². The first-order chi connectivity index (χ1) is 8.65. The molecule has 0 bridgehead atoms. The highest BCUT2D eigenvalue weighted by Gasteiger charge is 2.07. The minimum atomic E-state index is 1.06. The summed E-state index contributed by atoms with van der Waals surface area (Å²) in [5, 5.41) is 2.61. The van der Waals surface area contributed by atoms with Crippen molar-refractivity contribution in [2.75, 3.05) is 19.0 Å². The minimum absolute atomic E-state index is 1.06. The first-order valence-electron chi connectivity index (χ1n) is 6.52. The number of hydrogen-bond donors (Lipinski definition) is 0. The zero-order valence-electron chi connectivity index (χ0n) is 11.5. The van der Waals surface area contributed by atoms with Crippen molar-refractivity contribution in [3.05, 3.63) is 48.5 Å². The summed E-state index contributed by atoms with van der Waals surface area (Å²) in [6, 6.07) is 13.0. The maximum atomic E-state index is 4.23. The van der Waals surface area contributed by atoms with E-state index in [4.69, 9.17) is 0 Å². The lowest BCUT2D eigenvalue weighted by atomic mass is 9.96. The third kappa shape index (κ3) is 2.26. The first-order valence-corrected chi connectivity index (χ1v) is 6.52. The van der Waals surface area contributed by atoms with Crippen LogP contribution in [-0.2, 0) is 0 Å². The molecule has 0 saturated heterocycles. The lowest BCUT2D eigenvalue weighted by Gasteiger charge is -2.17. The molecule has 2 rings (SSSR count). The molecular weight excluding hydrogens is 218 g/mol. The molecule has 0 heterocycles. The van der Waals surface area contributed by atoms with E-state index in [1.54, 1.807) is 0 Å². The third-order valence-electron chi connectivity index (χ3n) is 3.31. The molecule has 18 heavy (non-hydrogen) atoms. The van der Waals surface area contributed by atoms with Gasteiger partial charge < -0.3 is 4.90 Å². The van der Waals surface area contributed by atoms with E-state index < -0.39 is 0 Å². The van der Waals surface area contributed by atoms with Gasteiger partial charge >= 0.3 is 0 Å². The van der Waals surface area contributed by atoms with Gasteiger partial charge in [-0.1, -0.05) is 50.3 Å². The van der Waals surface area contributed by atoms with Gasteiger partial charge in [0, 0.05) is 25.2 Å². The van der Waals surface area contributed by atoms with Crippen LogP contribution in [-0.4, -0.2) is 14.1 Å². The predicted octanol–water partition coefficient (Wildman–Crippen LogP) is 4.72. The van der Waals surface area contributed by atoms with Gasteiger partial charge in [0.15, 0.2) is 0 Å². The molecule has 0 radical (unpaired) electrons. The molecule has 1 nitrogen and oxygen atoms in total. The van der Waals surface area contributed by atoms with Crippen molar-refractivity contribution < 1.29 is 0 Å². The topological polar surface area (TPSA) is 3.24 Å². The summed E-state index contributed by atoms with van der Waals surface area (Å²) in [5.74, 6) is 0. The maximum Gasteiger partial charge on any atom is 0.0440 e. The fourth-order valence-corrected chi connectivity index (χ4v) is 2.43. The maximum absolute atomic E-state index is 4.23. The molecule has 2 aromatic carbocycles. The summed E-state index contributed by atoms with van der Waals surface area (Å²) < 4.78 is 0. The molecule has 1 heteroatoms. The van der Waals surface area contributed by atoms with Crippen LogP contribution in [0.1, 0.15) is 25.3 Å². The van der Waals surface area contributed by atoms with Crippen LogP contribution in [0.25, 0.3) is 16.3 Å². The van der Waals surface area contributed by atoms with Gasteiger partial charge in [-0.3, -0.25) is 0 Å². The normalized spacial score (nSPS) is 10.6. The highest BCUT2D eigenvalue weighted by atomic mass is 15.1. The SMILES string of the molecule is C=C(CCC)c1cccc2c(N(C)C)cccc12. The van der Waals surface area contributed by atoms with Crippen molar-refractivity contribution in [3.8, 4) is 0 Å². The van der Waals surface area contributed by atoms with Crippen LogP contribution in [0, 0.1) is 0 Å². The number of rotatable bonds is 4. The summed E-state index contributed by atoms with van der Waals surface area (Å²) >= 11 is 0. The van der Waals surface area contributed by atoms with E-state index in [-0.39, 0.29) is 0 Å². The van der Waals surface area contributed by atoms with Gasteiger partial charge in [-0.25, -0.2) is 0 Å². The zero-order chi connectivity index (χ0) is 13.1. The molecule has 2 aromatic rings. The summed E-state index contributed by atoms with van der Waals surface area (Å²) in [5.41, 5.74) is 3.79. The highest BCUT2D eigenvalue weighted by molar-refractivity contribution is 6.00. The highest BCUT2D eigenvalue weighted by Crippen LogP contribution is 2.31.